The van der Waals surface area contributed by atoms with Crippen LogP contribution < -0.4 is 5.32 Å². The molecule has 2 unspecified atom stereocenters. The van der Waals surface area contributed by atoms with E-state index in [2.05, 4.69) is 34.2 Å². The van der Waals surface area contributed by atoms with Crippen molar-refractivity contribution >= 4 is 0 Å². The van der Waals surface area contributed by atoms with Crippen LogP contribution in [0.4, 0.5) is 0 Å². The monoisotopic (exact) mass is 282 g/mol. The summed E-state index contributed by atoms with van der Waals surface area (Å²) in [6.45, 7) is 9.08. The van der Waals surface area contributed by atoms with E-state index in [1.54, 1.807) is 0 Å². The Morgan fingerprint density at radius 1 is 1.25 bits per heavy atom. The third-order valence-corrected chi connectivity index (χ3v) is 3.78. The molecule has 0 spiro atoms. The van der Waals surface area contributed by atoms with Gasteiger partial charge in [-0.05, 0) is 13.8 Å². The van der Waals surface area contributed by atoms with Crippen LogP contribution in [-0.4, -0.2) is 60.5 Å². The van der Waals surface area contributed by atoms with Gasteiger partial charge >= 0.3 is 0 Å². The largest absolute Gasteiger partial charge is 0.367 e. The number of hydrogen-bond donors (Lipinski definition) is 1. The lowest BCUT2D eigenvalue weighted by atomic mass is 10.2. The van der Waals surface area contributed by atoms with Gasteiger partial charge in [0.1, 0.15) is 12.2 Å². The Labute approximate surface area is 118 Å². The molecule has 7 nitrogen and oxygen atoms in total. The molecule has 0 aromatic carbocycles. The standard InChI is InChI=1S/C13H22N4O3/c1-9(2)17-4-6-19-11(8-17)12-15-13(20-16-12)10-7-14-3-5-18-10/h9-11,14H,3-8H2,1-2H3. The van der Waals surface area contributed by atoms with Gasteiger partial charge in [-0.2, -0.15) is 4.98 Å². The summed E-state index contributed by atoms with van der Waals surface area (Å²) in [7, 11) is 0. The van der Waals surface area contributed by atoms with Gasteiger partial charge in [-0.3, -0.25) is 4.90 Å². The summed E-state index contributed by atoms with van der Waals surface area (Å²) in [4.78, 5) is 6.82. The van der Waals surface area contributed by atoms with Crippen LogP contribution in [-0.2, 0) is 9.47 Å². The first kappa shape index (κ1) is 13.9. The first-order chi connectivity index (χ1) is 9.74. The zero-order valence-corrected chi connectivity index (χ0v) is 12.0. The fraction of sp³-hybridized carbons (Fsp3) is 0.846. The van der Waals surface area contributed by atoms with Gasteiger partial charge in [0.05, 0.1) is 13.2 Å². The Balaban J connectivity index is 1.66. The maximum absolute atomic E-state index is 5.76. The molecule has 1 N–H and O–H groups in total. The van der Waals surface area contributed by atoms with Gasteiger partial charge in [0, 0.05) is 32.2 Å². The number of aromatic nitrogens is 2. The molecule has 0 bridgehead atoms. The van der Waals surface area contributed by atoms with Gasteiger partial charge in [-0.1, -0.05) is 5.16 Å². The summed E-state index contributed by atoms with van der Waals surface area (Å²) in [6, 6.07) is 0.499. The molecule has 2 aliphatic rings. The van der Waals surface area contributed by atoms with Gasteiger partial charge in [-0.15, -0.1) is 0 Å². The number of ether oxygens (including phenoxy) is 2. The molecular weight excluding hydrogens is 260 g/mol. The fourth-order valence-corrected chi connectivity index (χ4v) is 2.53. The lowest BCUT2D eigenvalue weighted by Gasteiger charge is -2.34. The third-order valence-electron chi connectivity index (χ3n) is 3.78. The van der Waals surface area contributed by atoms with Crippen molar-refractivity contribution in [2.45, 2.75) is 32.1 Å². The van der Waals surface area contributed by atoms with Crippen molar-refractivity contribution in [3.63, 3.8) is 0 Å². The van der Waals surface area contributed by atoms with Crippen LogP contribution in [0, 0.1) is 0 Å². The van der Waals surface area contributed by atoms with Crippen molar-refractivity contribution in [3.8, 4) is 0 Å². The molecule has 2 fully saturated rings. The van der Waals surface area contributed by atoms with E-state index in [1.807, 2.05) is 0 Å². The predicted molar refractivity (Wildman–Crippen MR) is 71.3 cm³/mol. The van der Waals surface area contributed by atoms with Gasteiger partial charge in [0.15, 0.2) is 0 Å². The Bertz CT molecular complexity index is 431. The molecule has 112 valence electrons. The molecule has 3 rings (SSSR count). The molecule has 7 heteroatoms. The molecule has 2 saturated heterocycles. The van der Waals surface area contributed by atoms with E-state index in [9.17, 15) is 0 Å². The molecule has 1 aromatic heterocycles. The Morgan fingerprint density at radius 2 is 2.10 bits per heavy atom. The Hall–Kier alpha value is -1.02. The minimum atomic E-state index is -0.144. The van der Waals surface area contributed by atoms with Crippen molar-refractivity contribution < 1.29 is 14.0 Å². The smallest absolute Gasteiger partial charge is 0.257 e. The molecule has 0 amide bonds. The van der Waals surface area contributed by atoms with Crippen LogP contribution in [0.25, 0.3) is 0 Å². The zero-order valence-electron chi connectivity index (χ0n) is 12.0. The highest BCUT2D eigenvalue weighted by Gasteiger charge is 2.29. The normalized spacial score (nSPS) is 28.9. The van der Waals surface area contributed by atoms with Gasteiger partial charge in [-0.25, -0.2) is 0 Å². The molecule has 0 aliphatic carbocycles. The first-order valence-electron chi connectivity index (χ1n) is 7.25. The predicted octanol–water partition coefficient (Wildman–Crippen LogP) is 0.512. The molecule has 20 heavy (non-hydrogen) atoms. The van der Waals surface area contributed by atoms with Crippen LogP contribution in [0.5, 0.6) is 0 Å². The van der Waals surface area contributed by atoms with E-state index in [1.165, 1.54) is 0 Å². The summed E-state index contributed by atoms with van der Waals surface area (Å²) in [5.74, 6) is 1.16. The molecule has 0 radical (unpaired) electrons. The topological polar surface area (TPSA) is 72.7 Å². The van der Waals surface area contributed by atoms with E-state index < -0.39 is 0 Å². The van der Waals surface area contributed by atoms with Gasteiger partial charge < -0.3 is 19.3 Å². The molecule has 2 aliphatic heterocycles. The Kier molecular flexibility index (Phi) is 4.30. The van der Waals surface area contributed by atoms with E-state index in [0.717, 1.165) is 19.6 Å². The van der Waals surface area contributed by atoms with Crippen LogP contribution in [0.1, 0.15) is 37.8 Å². The molecular formula is C13H22N4O3. The highest BCUT2D eigenvalue weighted by molar-refractivity contribution is 4.97. The summed E-state index contributed by atoms with van der Waals surface area (Å²) in [5, 5.41) is 7.32. The summed E-state index contributed by atoms with van der Waals surface area (Å²) in [6.07, 6.45) is -0.255. The maximum Gasteiger partial charge on any atom is 0.257 e. The van der Waals surface area contributed by atoms with Crippen molar-refractivity contribution in [2.75, 3.05) is 39.4 Å². The lowest BCUT2D eigenvalue weighted by molar-refractivity contribution is -0.0450. The highest BCUT2D eigenvalue weighted by Crippen LogP contribution is 2.23. The van der Waals surface area contributed by atoms with Crippen LogP contribution in [0.15, 0.2) is 4.52 Å². The highest BCUT2D eigenvalue weighted by atomic mass is 16.5. The number of hydrogen-bond acceptors (Lipinski definition) is 7. The molecule has 0 saturated carbocycles. The van der Waals surface area contributed by atoms with E-state index >= 15 is 0 Å². The lowest BCUT2D eigenvalue weighted by Crippen LogP contribution is -2.42. The number of nitrogens with zero attached hydrogens (tertiary/aromatic N) is 3. The summed E-state index contributed by atoms with van der Waals surface area (Å²) >= 11 is 0. The minimum absolute atomic E-state index is 0.111. The van der Waals surface area contributed by atoms with E-state index in [0.29, 0.717) is 37.5 Å². The summed E-state index contributed by atoms with van der Waals surface area (Å²) < 4.78 is 16.7. The van der Waals surface area contributed by atoms with Crippen molar-refractivity contribution in [2.24, 2.45) is 0 Å². The van der Waals surface area contributed by atoms with Crippen LogP contribution >= 0.6 is 0 Å². The quantitative estimate of drug-likeness (QED) is 0.866. The Morgan fingerprint density at radius 3 is 2.85 bits per heavy atom. The zero-order chi connectivity index (χ0) is 13.9. The SMILES string of the molecule is CC(C)N1CCOC(c2noc(C3CNCCO3)n2)C1. The fourth-order valence-electron chi connectivity index (χ4n) is 2.53. The number of morpholine rings is 2. The second kappa shape index (κ2) is 6.17. The average Bonchev–Trinajstić information content (AvgIpc) is 2.98. The number of nitrogens with one attached hydrogen (secondary N) is 1. The minimum Gasteiger partial charge on any atom is -0.367 e. The third kappa shape index (κ3) is 3.01. The first-order valence-corrected chi connectivity index (χ1v) is 7.25. The molecule has 2 atom stereocenters. The van der Waals surface area contributed by atoms with E-state index in [4.69, 9.17) is 14.0 Å². The van der Waals surface area contributed by atoms with Gasteiger partial charge in [0.25, 0.3) is 5.89 Å². The van der Waals surface area contributed by atoms with E-state index in [-0.39, 0.29) is 12.2 Å². The van der Waals surface area contributed by atoms with Crippen molar-refractivity contribution in [3.05, 3.63) is 11.7 Å². The molecule has 3 heterocycles. The average molecular weight is 282 g/mol. The van der Waals surface area contributed by atoms with Crippen molar-refractivity contribution in [1.82, 2.24) is 20.4 Å². The second-order valence-electron chi connectivity index (χ2n) is 5.50. The van der Waals surface area contributed by atoms with Crippen LogP contribution in [0.3, 0.4) is 0 Å². The summed E-state index contributed by atoms with van der Waals surface area (Å²) in [5.41, 5.74) is 0. The second-order valence-corrected chi connectivity index (χ2v) is 5.50. The molecule has 1 aromatic rings. The van der Waals surface area contributed by atoms with Gasteiger partial charge in [0.2, 0.25) is 5.82 Å². The van der Waals surface area contributed by atoms with Crippen molar-refractivity contribution in [1.29, 1.82) is 0 Å². The maximum atomic E-state index is 5.76. The van der Waals surface area contributed by atoms with Crippen LogP contribution in [0.2, 0.25) is 0 Å². The number of rotatable bonds is 3.